The van der Waals surface area contributed by atoms with Crippen molar-refractivity contribution < 1.29 is 14.6 Å². The Labute approximate surface area is 68.3 Å². The van der Waals surface area contributed by atoms with Gasteiger partial charge in [0.15, 0.2) is 11.4 Å². The Balaban J connectivity index is 3.02. The summed E-state index contributed by atoms with van der Waals surface area (Å²) in [4.78, 5) is 10.9. The van der Waals surface area contributed by atoms with E-state index in [0.29, 0.717) is 0 Å². The molecule has 1 rings (SSSR count). The molecule has 12 heavy (non-hydrogen) atoms. The van der Waals surface area contributed by atoms with Gasteiger partial charge in [0, 0.05) is 6.54 Å². The molecule has 6 nitrogen and oxygen atoms in total. The number of aromatic nitrogens is 2. The van der Waals surface area contributed by atoms with Crippen LogP contribution in [0.1, 0.15) is 16.2 Å². The van der Waals surface area contributed by atoms with E-state index in [1.807, 2.05) is 0 Å². The van der Waals surface area contributed by atoms with Crippen LogP contribution in [0.25, 0.3) is 0 Å². The van der Waals surface area contributed by atoms with Crippen LogP contribution in [-0.4, -0.2) is 28.4 Å². The summed E-state index contributed by atoms with van der Waals surface area (Å²) in [5.74, 6) is -0.913. The number of esters is 1. The summed E-state index contributed by atoms with van der Waals surface area (Å²) in [6.45, 7) is 0.0688. The van der Waals surface area contributed by atoms with Gasteiger partial charge < -0.3 is 15.6 Å². The molecule has 0 unspecified atom stereocenters. The molecule has 1 heterocycles. The molecule has 1 aromatic rings. The Morgan fingerprint density at radius 3 is 2.92 bits per heavy atom. The first kappa shape index (κ1) is 8.54. The Bertz CT molecular complexity index is 294. The van der Waals surface area contributed by atoms with E-state index < -0.39 is 5.97 Å². The number of hydrogen-bond donors (Lipinski definition) is 3. The molecule has 66 valence electrons. The van der Waals surface area contributed by atoms with Crippen LogP contribution in [-0.2, 0) is 11.3 Å². The molecule has 0 fully saturated rings. The first-order valence-corrected chi connectivity index (χ1v) is 3.25. The van der Waals surface area contributed by atoms with Crippen LogP contribution >= 0.6 is 0 Å². The Morgan fingerprint density at radius 2 is 2.50 bits per heavy atom. The van der Waals surface area contributed by atoms with Gasteiger partial charge in [0.1, 0.15) is 5.69 Å². The maximum Gasteiger partial charge on any atom is 0.359 e. The number of aromatic amines is 1. The Kier molecular flexibility index (Phi) is 2.29. The number of carbonyl (C=O) groups excluding carboxylic acids is 1. The highest BCUT2D eigenvalue weighted by molar-refractivity contribution is 5.90. The zero-order valence-electron chi connectivity index (χ0n) is 6.50. The fraction of sp³-hybridized carbons (Fsp3) is 0.333. The van der Waals surface area contributed by atoms with E-state index in [1.54, 1.807) is 0 Å². The molecule has 0 saturated carbocycles. The topological polar surface area (TPSA) is 101 Å². The van der Waals surface area contributed by atoms with E-state index >= 15 is 0 Å². The fourth-order valence-corrected chi connectivity index (χ4v) is 0.760. The van der Waals surface area contributed by atoms with Crippen LogP contribution in [0.3, 0.4) is 0 Å². The second-order valence-corrected chi connectivity index (χ2v) is 2.09. The van der Waals surface area contributed by atoms with Gasteiger partial charge in [-0.25, -0.2) is 4.79 Å². The van der Waals surface area contributed by atoms with Gasteiger partial charge in [-0.3, -0.25) is 5.10 Å². The van der Waals surface area contributed by atoms with Crippen LogP contribution in [0, 0.1) is 0 Å². The van der Waals surface area contributed by atoms with Gasteiger partial charge in [-0.15, -0.1) is 0 Å². The highest BCUT2D eigenvalue weighted by Crippen LogP contribution is 2.18. The molecule has 0 saturated heterocycles. The predicted molar refractivity (Wildman–Crippen MR) is 39.5 cm³/mol. The van der Waals surface area contributed by atoms with Crippen molar-refractivity contribution in [1.82, 2.24) is 10.2 Å². The summed E-state index contributed by atoms with van der Waals surface area (Å²) >= 11 is 0. The van der Waals surface area contributed by atoms with Crippen molar-refractivity contribution in [1.29, 1.82) is 0 Å². The SMILES string of the molecule is COC(=O)c1[nH]nc(CN)c1O. The number of rotatable bonds is 2. The van der Waals surface area contributed by atoms with E-state index in [0.717, 1.165) is 0 Å². The second-order valence-electron chi connectivity index (χ2n) is 2.09. The highest BCUT2D eigenvalue weighted by Gasteiger charge is 2.17. The minimum Gasteiger partial charge on any atom is -0.504 e. The molecule has 0 aliphatic rings. The van der Waals surface area contributed by atoms with Gasteiger partial charge in [-0.1, -0.05) is 0 Å². The molecule has 0 radical (unpaired) electrons. The molecular formula is C6H9N3O3. The largest absolute Gasteiger partial charge is 0.504 e. The lowest BCUT2D eigenvalue weighted by atomic mass is 10.3. The van der Waals surface area contributed by atoms with Crippen LogP contribution in [0.2, 0.25) is 0 Å². The number of nitrogens with zero attached hydrogens (tertiary/aromatic N) is 1. The lowest BCUT2D eigenvalue weighted by Gasteiger charge is -1.94. The first-order valence-electron chi connectivity index (χ1n) is 3.25. The summed E-state index contributed by atoms with van der Waals surface area (Å²) in [7, 11) is 1.21. The molecule has 0 bridgehead atoms. The molecule has 0 aromatic carbocycles. The van der Waals surface area contributed by atoms with Crippen molar-refractivity contribution in [2.75, 3.05) is 7.11 Å². The van der Waals surface area contributed by atoms with Gasteiger partial charge >= 0.3 is 5.97 Å². The van der Waals surface area contributed by atoms with Crippen LogP contribution in [0.5, 0.6) is 5.75 Å². The van der Waals surface area contributed by atoms with Crippen LogP contribution in [0.15, 0.2) is 0 Å². The smallest absolute Gasteiger partial charge is 0.359 e. The van der Waals surface area contributed by atoms with Crippen molar-refractivity contribution >= 4 is 5.97 Å². The summed E-state index contributed by atoms with van der Waals surface area (Å²) in [5.41, 5.74) is 5.39. The van der Waals surface area contributed by atoms with Crippen LogP contribution < -0.4 is 5.73 Å². The first-order chi connectivity index (χ1) is 5.70. The average molecular weight is 171 g/mol. The molecule has 6 heteroatoms. The summed E-state index contributed by atoms with van der Waals surface area (Å²) in [6.07, 6.45) is 0. The number of nitrogens with one attached hydrogen (secondary N) is 1. The molecule has 0 amide bonds. The standard InChI is InChI=1S/C6H9N3O3/c1-12-6(11)4-5(10)3(2-7)8-9-4/h10H,2,7H2,1H3,(H,8,9). The van der Waals surface area contributed by atoms with E-state index in [9.17, 15) is 9.90 Å². The quantitative estimate of drug-likeness (QED) is 0.514. The average Bonchev–Trinajstić information content (AvgIpc) is 2.45. The third-order valence-corrected chi connectivity index (χ3v) is 1.40. The minimum absolute atomic E-state index is 0.0688. The number of ether oxygens (including phenoxy) is 1. The maximum absolute atomic E-state index is 10.9. The van der Waals surface area contributed by atoms with Gasteiger partial charge in [0.2, 0.25) is 0 Å². The van der Waals surface area contributed by atoms with Crippen molar-refractivity contribution in [2.24, 2.45) is 5.73 Å². The molecule has 4 N–H and O–H groups in total. The molecule has 0 atom stereocenters. The van der Waals surface area contributed by atoms with E-state index in [2.05, 4.69) is 14.9 Å². The molecule has 0 aliphatic heterocycles. The molecular weight excluding hydrogens is 162 g/mol. The van der Waals surface area contributed by atoms with Crippen molar-refractivity contribution in [3.8, 4) is 5.75 Å². The lowest BCUT2D eigenvalue weighted by molar-refractivity contribution is 0.0590. The van der Waals surface area contributed by atoms with Gasteiger partial charge in [0.25, 0.3) is 0 Å². The second kappa shape index (κ2) is 3.22. The van der Waals surface area contributed by atoms with Crippen molar-refractivity contribution in [3.63, 3.8) is 0 Å². The summed E-state index contributed by atoms with van der Waals surface area (Å²) in [5, 5.41) is 15.2. The third-order valence-electron chi connectivity index (χ3n) is 1.40. The van der Waals surface area contributed by atoms with Gasteiger partial charge in [0.05, 0.1) is 7.11 Å². The highest BCUT2D eigenvalue weighted by atomic mass is 16.5. The van der Waals surface area contributed by atoms with Gasteiger partial charge in [-0.05, 0) is 0 Å². The lowest BCUT2D eigenvalue weighted by Crippen LogP contribution is -2.01. The Morgan fingerprint density at radius 1 is 1.83 bits per heavy atom. The maximum atomic E-state index is 10.9. The minimum atomic E-state index is -0.667. The number of aromatic hydroxyl groups is 1. The van der Waals surface area contributed by atoms with Crippen molar-refractivity contribution in [3.05, 3.63) is 11.4 Å². The fourth-order valence-electron chi connectivity index (χ4n) is 0.760. The van der Waals surface area contributed by atoms with E-state index in [1.165, 1.54) is 7.11 Å². The third kappa shape index (κ3) is 1.24. The number of methoxy groups -OCH3 is 1. The van der Waals surface area contributed by atoms with E-state index in [4.69, 9.17) is 5.73 Å². The molecule has 0 spiro atoms. The Hall–Kier alpha value is -1.56. The zero-order chi connectivity index (χ0) is 9.14. The van der Waals surface area contributed by atoms with Crippen molar-refractivity contribution in [2.45, 2.75) is 6.54 Å². The summed E-state index contributed by atoms with van der Waals surface area (Å²) < 4.78 is 4.36. The number of H-pyrrole nitrogens is 1. The summed E-state index contributed by atoms with van der Waals surface area (Å²) in [6, 6.07) is 0. The number of hydrogen-bond acceptors (Lipinski definition) is 5. The van der Waals surface area contributed by atoms with Gasteiger partial charge in [-0.2, -0.15) is 5.10 Å². The monoisotopic (exact) mass is 171 g/mol. The zero-order valence-corrected chi connectivity index (χ0v) is 6.50. The molecule has 1 aromatic heterocycles. The van der Waals surface area contributed by atoms with Crippen LogP contribution in [0.4, 0.5) is 0 Å². The predicted octanol–water partition coefficient (Wildman–Crippen LogP) is -0.639. The number of carbonyl (C=O) groups is 1. The van der Waals surface area contributed by atoms with E-state index in [-0.39, 0.29) is 23.7 Å². The number of nitrogens with two attached hydrogens (primary N) is 1. The normalized spacial score (nSPS) is 9.83. The molecule has 0 aliphatic carbocycles.